The molecule has 0 saturated carbocycles. The highest BCUT2D eigenvalue weighted by Crippen LogP contribution is 2.30. The van der Waals surface area contributed by atoms with Crippen molar-refractivity contribution in [1.82, 2.24) is 4.98 Å². The highest BCUT2D eigenvalue weighted by molar-refractivity contribution is 5.28. The number of nitrogens with zero attached hydrogens (tertiary/aromatic N) is 1. The highest BCUT2D eigenvalue weighted by atomic mass is 19.4. The lowest BCUT2D eigenvalue weighted by atomic mass is 10.2. The molecule has 18 heavy (non-hydrogen) atoms. The van der Waals surface area contributed by atoms with E-state index in [4.69, 9.17) is 9.15 Å². The van der Waals surface area contributed by atoms with Gasteiger partial charge in [-0.2, -0.15) is 13.2 Å². The molecule has 0 atom stereocenters. The Bertz CT molecular complexity index is 517. The minimum absolute atomic E-state index is 0.0825. The molecular formula is C12H10F3NO2. The monoisotopic (exact) mass is 257 g/mol. The molecule has 0 unspecified atom stereocenters. The van der Waals surface area contributed by atoms with Crippen molar-refractivity contribution in [2.45, 2.75) is 19.7 Å². The van der Waals surface area contributed by atoms with E-state index in [1.807, 2.05) is 0 Å². The van der Waals surface area contributed by atoms with Crippen LogP contribution >= 0.6 is 0 Å². The third-order valence-corrected chi connectivity index (χ3v) is 2.21. The van der Waals surface area contributed by atoms with Crippen LogP contribution in [0.25, 0.3) is 0 Å². The number of hydrogen-bond acceptors (Lipinski definition) is 3. The maximum atomic E-state index is 12.3. The third-order valence-electron chi connectivity index (χ3n) is 2.21. The second kappa shape index (κ2) is 4.72. The SMILES string of the molecule is Cc1coc(COc2ccc(C(F)(F)F)cc2)n1. The van der Waals surface area contributed by atoms with Gasteiger partial charge in [-0.3, -0.25) is 0 Å². The summed E-state index contributed by atoms with van der Waals surface area (Å²) >= 11 is 0. The number of aromatic nitrogens is 1. The van der Waals surface area contributed by atoms with Crippen LogP contribution in [0.2, 0.25) is 0 Å². The Kier molecular flexibility index (Phi) is 3.27. The van der Waals surface area contributed by atoms with Gasteiger partial charge in [0.25, 0.3) is 0 Å². The first-order valence-electron chi connectivity index (χ1n) is 5.16. The van der Waals surface area contributed by atoms with Gasteiger partial charge in [0.1, 0.15) is 12.0 Å². The molecule has 0 saturated heterocycles. The number of alkyl halides is 3. The molecule has 0 amide bonds. The van der Waals surface area contributed by atoms with Gasteiger partial charge < -0.3 is 9.15 Å². The predicted molar refractivity (Wildman–Crippen MR) is 57.0 cm³/mol. The van der Waals surface area contributed by atoms with Crippen molar-refractivity contribution in [2.75, 3.05) is 0 Å². The van der Waals surface area contributed by atoms with Crippen LogP contribution in [0.4, 0.5) is 13.2 Å². The summed E-state index contributed by atoms with van der Waals surface area (Å²) in [4.78, 5) is 4.01. The van der Waals surface area contributed by atoms with E-state index in [0.29, 0.717) is 11.6 Å². The number of ether oxygens (including phenoxy) is 1. The minimum Gasteiger partial charge on any atom is -0.484 e. The molecule has 1 aromatic carbocycles. The zero-order chi connectivity index (χ0) is 13.2. The average molecular weight is 257 g/mol. The lowest BCUT2D eigenvalue weighted by molar-refractivity contribution is -0.137. The van der Waals surface area contributed by atoms with Crippen molar-refractivity contribution in [3.8, 4) is 5.75 Å². The molecule has 0 fully saturated rings. The van der Waals surface area contributed by atoms with E-state index in [0.717, 1.165) is 17.8 Å². The average Bonchev–Trinajstić information content (AvgIpc) is 2.72. The number of aryl methyl sites for hydroxylation is 1. The maximum Gasteiger partial charge on any atom is 0.416 e. The first-order valence-corrected chi connectivity index (χ1v) is 5.16. The summed E-state index contributed by atoms with van der Waals surface area (Å²) in [7, 11) is 0. The molecule has 6 heteroatoms. The van der Waals surface area contributed by atoms with Crippen LogP contribution in [0.3, 0.4) is 0 Å². The molecule has 0 aliphatic rings. The first-order chi connectivity index (χ1) is 8.45. The number of rotatable bonds is 3. The summed E-state index contributed by atoms with van der Waals surface area (Å²) in [5, 5.41) is 0. The van der Waals surface area contributed by atoms with E-state index in [9.17, 15) is 13.2 Å². The predicted octanol–water partition coefficient (Wildman–Crippen LogP) is 3.58. The molecule has 3 nitrogen and oxygen atoms in total. The zero-order valence-electron chi connectivity index (χ0n) is 9.49. The van der Waals surface area contributed by atoms with Crippen LogP contribution in [0.5, 0.6) is 5.75 Å². The molecule has 1 heterocycles. The minimum atomic E-state index is -4.34. The number of benzene rings is 1. The molecule has 0 aliphatic heterocycles. The van der Waals surface area contributed by atoms with Crippen LogP contribution in [0.15, 0.2) is 34.9 Å². The van der Waals surface area contributed by atoms with Crippen LogP contribution in [-0.4, -0.2) is 4.98 Å². The fourth-order valence-corrected chi connectivity index (χ4v) is 1.35. The van der Waals surface area contributed by atoms with Crippen molar-refractivity contribution in [2.24, 2.45) is 0 Å². The zero-order valence-corrected chi connectivity index (χ0v) is 9.49. The molecule has 96 valence electrons. The summed E-state index contributed by atoms with van der Waals surface area (Å²) in [6, 6.07) is 4.46. The highest BCUT2D eigenvalue weighted by Gasteiger charge is 2.29. The lowest BCUT2D eigenvalue weighted by Gasteiger charge is -2.08. The van der Waals surface area contributed by atoms with Gasteiger partial charge in [-0.1, -0.05) is 0 Å². The van der Waals surface area contributed by atoms with Crippen molar-refractivity contribution in [3.05, 3.63) is 47.7 Å². The van der Waals surface area contributed by atoms with Gasteiger partial charge in [0.05, 0.1) is 11.3 Å². The molecule has 0 spiro atoms. The molecular weight excluding hydrogens is 247 g/mol. The maximum absolute atomic E-state index is 12.3. The lowest BCUT2D eigenvalue weighted by Crippen LogP contribution is -2.04. The Morgan fingerprint density at radius 2 is 1.89 bits per heavy atom. The summed E-state index contributed by atoms with van der Waals surface area (Å²) in [6.45, 7) is 1.85. The topological polar surface area (TPSA) is 35.3 Å². The quantitative estimate of drug-likeness (QED) is 0.843. The van der Waals surface area contributed by atoms with E-state index in [1.54, 1.807) is 6.92 Å². The smallest absolute Gasteiger partial charge is 0.416 e. The Morgan fingerprint density at radius 1 is 1.22 bits per heavy atom. The molecule has 0 radical (unpaired) electrons. The van der Waals surface area contributed by atoms with Gasteiger partial charge in [0.2, 0.25) is 5.89 Å². The van der Waals surface area contributed by atoms with Gasteiger partial charge in [0, 0.05) is 0 Å². The number of halogens is 3. The van der Waals surface area contributed by atoms with Gasteiger partial charge in [-0.25, -0.2) is 4.98 Å². The van der Waals surface area contributed by atoms with Gasteiger partial charge in [-0.15, -0.1) is 0 Å². The van der Waals surface area contributed by atoms with Crippen LogP contribution in [0, 0.1) is 6.92 Å². The standard InChI is InChI=1S/C12H10F3NO2/c1-8-6-18-11(16-8)7-17-10-4-2-9(3-5-10)12(13,14)15/h2-6H,7H2,1H3. The Hall–Kier alpha value is -1.98. The van der Waals surface area contributed by atoms with Crippen LogP contribution < -0.4 is 4.74 Å². The largest absolute Gasteiger partial charge is 0.484 e. The molecule has 2 rings (SSSR count). The second-order valence-corrected chi connectivity index (χ2v) is 3.69. The van der Waals surface area contributed by atoms with Crippen LogP contribution in [-0.2, 0) is 12.8 Å². The molecule has 0 N–H and O–H groups in total. The van der Waals surface area contributed by atoms with Gasteiger partial charge in [-0.05, 0) is 31.2 Å². The third kappa shape index (κ3) is 3.03. The van der Waals surface area contributed by atoms with Crippen LogP contribution in [0.1, 0.15) is 17.1 Å². The molecule has 2 aromatic rings. The molecule has 0 bridgehead atoms. The van der Waals surface area contributed by atoms with Gasteiger partial charge in [0.15, 0.2) is 6.61 Å². The van der Waals surface area contributed by atoms with Gasteiger partial charge >= 0.3 is 6.18 Å². The fourth-order valence-electron chi connectivity index (χ4n) is 1.35. The molecule has 0 aliphatic carbocycles. The van der Waals surface area contributed by atoms with Crippen molar-refractivity contribution >= 4 is 0 Å². The van der Waals surface area contributed by atoms with E-state index in [-0.39, 0.29) is 6.61 Å². The van der Waals surface area contributed by atoms with Crippen molar-refractivity contribution in [1.29, 1.82) is 0 Å². The Balaban J connectivity index is 1.98. The summed E-state index contributed by atoms with van der Waals surface area (Å²) in [6.07, 6.45) is -2.86. The van der Waals surface area contributed by atoms with Crippen molar-refractivity contribution < 1.29 is 22.3 Å². The Labute approximate surface area is 101 Å². The van der Waals surface area contributed by atoms with E-state index in [1.165, 1.54) is 18.4 Å². The van der Waals surface area contributed by atoms with E-state index in [2.05, 4.69) is 4.98 Å². The summed E-state index contributed by atoms with van der Waals surface area (Å²) < 4.78 is 47.2. The summed E-state index contributed by atoms with van der Waals surface area (Å²) in [5.41, 5.74) is 0.0165. The van der Waals surface area contributed by atoms with E-state index < -0.39 is 11.7 Å². The number of hydrogen-bond donors (Lipinski definition) is 0. The first kappa shape index (κ1) is 12.5. The van der Waals surface area contributed by atoms with Crippen molar-refractivity contribution in [3.63, 3.8) is 0 Å². The van der Waals surface area contributed by atoms with E-state index >= 15 is 0 Å². The fraction of sp³-hybridized carbons (Fsp3) is 0.250. The second-order valence-electron chi connectivity index (χ2n) is 3.69. The number of oxazole rings is 1. The molecule has 1 aromatic heterocycles. The normalized spacial score (nSPS) is 11.6. The Morgan fingerprint density at radius 3 is 2.39 bits per heavy atom. The summed E-state index contributed by atoms with van der Waals surface area (Å²) in [5.74, 6) is 0.714.